The van der Waals surface area contributed by atoms with Gasteiger partial charge in [-0.1, -0.05) is 36.6 Å². The Labute approximate surface area is 140 Å². The van der Waals surface area contributed by atoms with Crippen LogP contribution in [0.5, 0.6) is 0 Å². The molecule has 1 saturated heterocycles. The van der Waals surface area contributed by atoms with Crippen LogP contribution in [-0.2, 0) is 4.79 Å². The van der Waals surface area contributed by atoms with Gasteiger partial charge in [-0.2, -0.15) is 0 Å². The minimum Gasteiger partial charge on any atom is -0.377 e. The Kier molecular flexibility index (Phi) is 5.57. The fourth-order valence-electron chi connectivity index (χ4n) is 2.27. The van der Waals surface area contributed by atoms with E-state index in [1.165, 1.54) is 4.90 Å². The van der Waals surface area contributed by atoms with E-state index >= 15 is 0 Å². The smallest absolute Gasteiger partial charge is 0.261 e. The first-order valence-corrected chi connectivity index (χ1v) is 7.74. The van der Waals surface area contributed by atoms with Gasteiger partial charge >= 0.3 is 0 Å². The first-order chi connectivity index (χ1) is 10.6. The Balaban J connectivity index is 2.23. The lowest BCUT2D eigenvalue weighted by atomic mass is 10.1. The zero-order valence-electron chi connectivity index (χ0n) is 12.2. The van der Waals surface area contributed by atoms with Crippen LogP contribution in [0.3, 0.4) is 0 Å². The van der Waals surface area contributed by atoms with Gasteiger partial charge in [0.25, 0.3) is 5.91 Å². The number of nitrogens with zero attached hydrogens (tertiary/aromatic N) is 2. The lowest BCUT2D eigenvalue weighted by molar-refractivity contribution is 0.0840. The summed E-state index contributed by atoms with van der Waals surface area (Å²) >= 11 is 10.7. The van der Waals surface area contributed by atoms with Crippen molar-refractivity contribution in [1.29, 1.82) is 0 Å². The molecular weight excluding hydrogens is 318 g/mol. The van der Waals surface area contributed by atoms with Crippen LogP contribution in [0.1, 0.15) is 17.3 Å². The normalized spacial score (nSPS) is 15.0. The molecule has 115 valence electrons. The Morgan fingerprint density at radius 3 is 2.68 bits per heavy atom. The van der Waals surface area contributed by atoms with Crippen molar-refractivity contribution < 1.29 is 9.59 Å². The molecule has 1 heterocycles. The van der Waals surface area contributed by atoms with Crippen molar-refractivity contribution in [2.45, 2.75) is 6.92 Å². The summed E-state index contributed by atoms with van der Waals surface area (Å²) in [6.07, 6.45) is 1.75. The molecule has 1 aliphatic heterocycles. The van der Waals surface area contributed by atoms with Crippen molar-refractivity contribution in [3.63, 3.8) is 0 Å². The predicted molar refractivity (Wildman–Crippen MR) is 94.1 cm³/mol. The number of hydrogen-bond donors (Lipinski definition) is 1. The van der Waals surface area contributed by atoms with E-state index in [4.69, 9.17) is 24.4 Å². The van der Waals surface area contributed by atoms with E-state index in [9.17, 15) is 9.59 Å². The molecule has 1 amide bonds. The van der Waals surface area contributed by atoms with Crippen molar-refractivity contribution in [3.8, 4) is 0 Å². The monoisotopic (exact) mass is 334 g/mol. The average Bonchev–Trinajstić information content (AvgIpc) is 2.55. The van der Waals surface area contributed by atoms with Gasteiger partial charge in [0.05, 0.1) is 12.1 Å². The number of thiocarbonyl (C=S) groups is 2. The van der Waals surface area contributed by atoms with Crippen molar-refractivity contribution in [2.24, 2.45) is 0 Å². The summed E-state index contributed by atoms with van der Waals surface area (Å²) in [5.74, 6) is -0.211. The maximum Gasteiger partial charge on any atom is 0.261 e. The molecule has 0 aliphatic carbocycles. The summed E-state index contributed by atoms with van der Waals surface area (Å²) in [7, 11) is 0. The summed E-state index contributed by atoms with van der Waals surface area (Å²) in [4.78, 5) is 27.6. The molecular formula is C15H16N3O2S2. The molecule has 5 nitrogen and oxygen atoms in total. The highest BCUT2D eigenvalue weighted by Crippen LogP contribution is 2.19. The van der Waals surface area contributed by atoms with Gasteiger partial charge in [-0.15, -0.1) is 0 Å². The van der Waals surface area contributed by atoms with Gasteiger partial charge < -0.3 is 10.2 Å². The van der Waals surface area contributed by atoms with Crippen LogP contribution in [0.15, 0.2) is 24.3 Å². The maximum atomic E-state index is 12.8. The molecule has 0 bridgehead atoms. The van der Waals surface area contributed by atoms with Crippen molar-refractivity contribution >= 4 is 52.3 Å². The lowest BCUT2D eigenvalue weighted by Crippen LogP contribution is -2.54. The highest BCUT2D eigenvalue weighted by molar-refractivity contribution is 7.89. The molecule has 1 aromatic rings. The van der Waals surface area contributed by atoms with Crippen molar-refractivity contribution in [1.82, 2.24) is 9.80 Å². The van der Waals surface area contributed by atoms with E-state index in [0.29, 0.717) is 34.3 Å². The van der Waals surface area contributed by atoms with Crippen molar-refractivity contribution in [2.75, 3.05) is 31.5 Å². The molecule has 1 aromatic carbocycles. The Hall–Kier alpha value is -1.86. The molecule has 7 heteroatoms. The summed E-state index contributed by atoms with van der Waals surface area (Å²) in [5.41, 5.74) is 1.05. The van der Waals surface area contributed by atoms with E-state index in [1.807, 2.05) is 11.8 Å². The fourth-order valence-corrected chi connectivity index (χ4v) is 2.90. The Bertz CT molecular complexity index is 619. The number of carbonyl (C=O) groups excluding carboxylic acids is 2. The lowest BCUT2D eigenvalue weighted by Gasteiger charge is -2.36. The number of nitrogens with one attached hydrogen (secondary N) is 1. The van der Waals surface area contributed by atoms with E-state index in [2.05, 4.69) is 5.32 Å². The molecule has 0 saturated carbocycles. The minimum atomic E-state index is -0.211. The number of rotatable bonds is 5. The molecule has 2 rings (SSSR count). The van der Waals surface area contributed by atoms with Gasteiger partial charge in [0.2, 0.25) is 6.29 Å². The molecule has 1 fully saturated rings. The number of piperazine rings is 1. The van der Waals surface area contributed by atoms with Crippen LogP contribution in [0.4, 0.5) is 5.69 Å². The second kappa shape index (κ2) is 7.42. The topological polar surface area (TPSA) is 52.6 Å². The van der Waals surface area contributed by atoms with Crippen LogP contribution >= 0.6 is 24.4 Å². The van der Waals surface area contributed by atoms with Gasteiger partial charge in [0, 0.05) is 25.3 Å². The largest absolute Gasteiger partial charge is 0.377 e. The Morgan fingerprint density at radius 2 is 2.00 bits per heavy atom. The average molecular weight is 334 g/mol. The maximum absolute atomic E-state index is 12.8. The number of benzene rings is 1. The van der Waals surface area contributed by atoms with Gasteiger partial charge in [-0.25, -0.2) is 0 Å². The number of carbonyl (C=O) groups is 1. The zero-order chi connectivity index (χ0) is 16.1. The van der Waals surface area contributed by atoms with E-state index < -0.39 is 0 Å². The highest BCUT2D eigenvalue weighted by atomic mass is 32.1. The minimum absolute atomic E-state index is 0.0246. The van der Waals surface area contributed by atoms with Crippen molar-refractivity contribution in [3.05, 3.63) is 29.8 Å². The standard InChI is InChI=1S/C15H16N3O2S2/c1-2-17-8-9-18(15(22)14(17)21)13(20)11-5-3-4-6-12(11)16-7-10-19/h3-6,16H,2,7-9H2,1H3. The van der Waals surface area contributed by atoms with E-state index in [1.54, 1.807) is 30.6 Å². The molecule has 1 radical (unpaired) electrons. The number of likely N-dealkylation sites (N-methyl/N-ethyl adjacent to an activating group) is 1. The summed E-state index contributed by atoms with van der Waals surface area (Å²) < 4.78 is 0. The molecule has 0 spiro atoms. The van der Waals surface area contributed by atoms with Gasteiger partial charge in [0.15, 0.2) is 0 Å². The van der Waals surface area contributed by atoms with Crippen LogP contribution < -0.4 is 5.32 Å². The summed E-state index contributed by atoms with van der Waals surface area (Å²) in [6, 6.07) is 7.01. The van der Waals surface area contributed by atoms with Crippen LogP contribution in [-0.4, -0.2) is 58.1 Å². The third-order valence-electron chi connectivity index (χ3n) is 3.44. The fraction of sp³-hybridized carbons (Fsp3) is 0.333. The predicted octanol–water partition coefficient (Wildman–Crippen LogP) is 1.64. The second-order valence-electron chi connectivity index (χ2n) is 4.69. The van der Waals surface area contributed by atoms with E-state index in [-0.39, 0.29) is 12.5 Å². The number of anilines is 1. The molecule has 1 aliphatic rings. The molecule has 0 atom stereocenters. The molecule has 0 aromatic heterocycles. The first kappa shape index (κ1) is 16.5. The highest BCUT2D eigenvalue weighted by Gasteiger charge is 2.30. The SMILES string of the molecule is CCN1CCN(C(=O)c2ccccc2NC[C]=O)C(=S)C1=S. The summed E-state index contributed by atoms with van der Waals surface area (Å²) in [6.45, 7) is 3.96. The van der Waals surface area contributed by atoms with Gasteiger partial charge in [0.1, 0.15) is 9.98 Å². The third-order valence-corrected chi connectivity index (χ3v) is 4.44. The van der Waals surface area contributed by atoms with Crippen LogP contribution in [0, 0.1) is 0 Å². The van der Waals surface area contributed by atoms with E-state index in [0.717, 1.165) is 6.54 Å². The zero-order valence-corrected chi connectivity index (χ0v) is 13.8. The molecule has 1 N–H and O–H groups in total. The Morgan fingerprint density at radius 1 is 1.27 bits per heavy atom. The number of hydrogen-bond acceptors (Lipinski definition) is 5. The number of amides is 1. The molecule has 0 unspecified atom stereocenters. The number of para-hydroxylation sites is 1. The van der Waals surface area contributed by atoms with Gasteiger partial charge in [-0.3, -0.25) is 14.5 Å². The molecule has 22 heavy (non-hydrogen) atoms. The third kappa shape index (κ3) is 3.31. The van der Waals surface area contributed by atoms with Crippen LogP contribution in [0.25, 0.3) is 0 Å². The first-order valence-electron chi connectivity index (χ1n) is 6.93. The summed E-state index contributed by atoms with van der Waals surface area (Å²) in [5, 5.41) is 2.87. The second-order valence-corrected chi connectivity index (χ2v) is 5.46. The van der Waals surface area contributed by atoms with Crippen LogP contribution in [0.2, 0.25) is 0 Å². The quantitative estimate of drug-likeness (QED) is 0.826. The van der Waals surface area contributed by atoms with Gasteiger partial charge in [-0.05, 0) is 19.1 Å².